The maximum Gasteiger partial charge on any atom is 0.262 e. The molecule has 7 heteroatoms. The molecule has 0 saturated heterocycles. The zero-order chi connectivity index (χ0) is 11.1. The van der Waals surface area contributed by atoms with Crippen LogP contribution < -0.4 is 10.7 Å². The molecule has 0 radical (unpaired) electrons. The molecular weight excluding hydrogens is 252 g/mol. The molecule has 15 heavy (non-hydrogen) atoms. The van der Waals surface area contributed by atoms with Gasteiger partial charge in [0.1, 0.15) is 4.21 Å². The number of nitrogens with one attached hydrogen (secondary N) is 1. The van der Waals surface area contributed by atoms with E-state index in [-0.39, 0.29) is 4.21 Å². The van der Waals surface area contributed by atoms with E-state index in [1.54, 1.807) is 27.6 Å². The van der Waals surface area contributed by atoms with Crippen LogP contribution in [-0.4, -0.2) is 8.42 Å². The minimum Gasteiger partial charge on any atom is -0.257 e. The fourth-order valence-corrected chi connectivity index (χ4v) is 2.79. The molecule has 2 aromatic rings. The van der Waals surface area contributed by atoms with Gasteiger partial charge >= 0.3 is 0 Å². The molecule has 0 fully saturated rings. The van der Waals surface area contributed by atoms with E-state index in [1.165, 1.54) is 6.07 Å². The minimum absolute atomic E-state index is 0.231. The summed E-state index contributed by atoms with van der Waals surface area (Å²) >= 11 is 2.84. The lowest BCUT2D eigenvalue weighted by Crippen LogP contribution is -2.29. The third kappa shape index (κ3) is 4.10. The van der Waals surface area contributed by atoms with E-state index in [4.69, 9.17) is 5.84 Å². The lowest BCUT2D eigenvalue weighted by Gasteiger charge is -1.94. The van der Waals surface area contributed by atoms with Crippen LogP contribution in [0.15, 0.2) is 44.6 Å². The largest absolute Gasteiger partial charge is 0.262 e. The average molecular weight is 262 g/mol. The van der Waals surface area contributed by atoms with Crippen molar-refractivity contribution >= 4 is 32.7 Å². The number of rotatable bonds is 2. The summed E-state index contributed by atoms with van der Waals surface area (Å²) in [5, 5.41) is 5.75. The Morgan fingerprint density at radius 3 is 2.13 bits per heavy atom. The van der Waals surface area contributed by atoms with Gasteiger partial charge in [-0.15, -0.1) is 16.2 Å². The Hall–Kier alpha value is -0.730. The van der Waals surface area contributed by atoms with Gasteiger partial charge in [0.05, 0.1) is 0 Å². The van der Waals surface area contributed by atoms with Gasteiger partial charge in [-0.1, -0.05) is 18.2 Å². The molecule has 0 spiro atoms. The summed E-state index contributed by atoms with van der Waals surface area (Å²) in [7, 11) is -3.41. The Morgan fingerprint density at radius 2 is 1.80 bits per heavy atom. The van der Waals surface area contributed by atoms with Gasteiger partial charge in [-0.25, -0.2) is 8.42 Å². The van der Waals surface area contributed by atoms with Gasteiger partial charge in [0.15, 0.2) is 0 Å². The van der Waals surface area contributed by atoms with E-state index < -0.39 is 10.0 Å². The lowest BCUT2D eigenvalue weighted by atomic mass is 10.7. The summed E-state index contributed by atoms with van der Waals surface area (Å²) in [5.74, 6) is 4.77. The van der Waals surface area contributed by atoms with Crippen LogP contribution >= 0.6 is 22.7 Å². The molecule has 0 saturated carbocycles. The number of hydrogen-bond acceptors (Lipinski definition) is 5. The highest BCUT2D eigenvalue weighted by Crippen LogP contribution is 2.13. The molecular formula is C8H10N2O2S3. The van der Waals surface area contributed by atoms with Gasteiger partial charge < -0.3 is 0 Å². The fraction of sp³-hybridized carbons (Fsp3) is 0. The quantitative estimate of drug-likeness (QED) is 0.638. The van der Waals surface area contributed by atoms with Crippen LogP contribution in [0, 0.1) is 0 Å². The third-order valence-electron chi connectivity index (χ3n) is 1.34. The smallest absolute Gasteiger partial charge is 0.257 e. The van der Waals surface area contributed by atoms with E-state index >= 15 is 0 Å². The van der Waals surface area contributed by atoms with Crippen molar-refractivity contribution in [3.05, 3.63) is 40.4 Å². The predicted octanol–water partition coefficient (Wildman–Crippen LogP) is 1.65. The standard InChI is InChI=1S/C4H6N2O2S2.C4H4S/c5-6-10(7,8)4-2-1-3-9-4;1-2-4-5-3-1/h1-3,6H,5H2;1-4H. The van der Waals surface area contributed by atoms with Crippen molar-refractivity contribution in [3.8, 4) is 0 Å². The number of hydrazine groups is 1. The van der Waals surface area contributed by atoms with Crippen molar-refractivity contribution in [2.24, 2.45) is 5.84 Å². The fourth-order valence-electron chi connectivity index (χ4n) is 0.701. The van der Waals surface area contributed by atoms with Crippen LogP contribution in [-0.2, 0) is 10.0 Å². The maximum absolute atomic E-state index is 10.8. The van der Waals surface area contributed by atoms with E-state index in [0.717, 1.165) is 11.3 Å². The summed E-state index contributed by atoms with van der Waals surface area (Å²) < 4.78 is 21.9. The third-order valence-corrected chi connectivity index (χ3v) is 4.55. The monoisotopic (exact) mass is 262 g/mol. The first-order valence-electron chi connectivity index (χ1n) is 3.90. The summed E-state index contributed by atoms with van der Waals surface area (Å²) in [4.78, 5) is 1.73. The van der Waals surface area contributed by atoms with E-state index in [0.29, 0.717) is 0 Å². The Kier molecular flexibility index (Phi) is 4.92. The summed E-state index contributed by atoms with van der Waals surface area (Å²) in [6.07, 6.45) is 0. The van der Waals surface area contributed by atoms with Gasteiger partial charge in [-0.3, -0.25) is 5.84 Å². The molecule has 0 aliphatic heterocycles. The second-order valence-corrected chi connectivity index (χ2v) is 6.05. The zero-order valence-corrected chi connectivity index (χ0v) is 10.1. The van der Waals surface area contributed by atoms with Crippen molar-refractivity contribution in [1.82, 2.24) is 4.83 Å². The topological polar surface area (TPSA) is 72.2 Å². The molecule has 0 aliphatic rings. The normalized spacial score (nSPS) is 10.5. The maximum atomic E-state index is 10.8. The van der Waals surface area contributed by atoms with Crippen molar-refractivity contribution in [3.63, 3.8) is 0 Å². The van der Waals surface area contributed by atoms with Crippen molar-refractivity contribution in [1.29, 1.82) is 0 Å². The lowest BCUT2D eigenvalue weighted by molar-refractivity contribution is 0.586. The Labute approximate surface area is 96.4 Å². The first kappa shape index (κ1) is 12.3. The minimum atomic E-state index is -3.41. The molecule has 0 amide bonds. The number of nitrogens with two attached hydrogens (primary N) is 1. The van der Waals surface area contributed by atoms with Crippen LogP contribution in [0.3, 0.4) is 0 Å². The molecule has 0 unspecified atom stereocenters. The van der Waals surface area contributed by atoms with E-state index in [9.17, 15) is 8.42 Å². The van der Waals surface area contributed by atoms with Crippen molar-refractivity contribution in [2.75, 3.05) is 0 Å². The van der Waals surface area contributed by atoms with Crippen LogP contribution in [0.1, 0.15) is 0 Å². The van der Waals surface area contributed by atoms with Crippen LogP contribution in [0.25, 0.3) is 0 Å². The highest BCUT2D eigenvalue weighted by atomic mass is 32.2. The molecule has 0 aliphatic carbocycles. The summed E-state index contributed by atoms with van der Waals surface area (Å²) in [6, 6.07) is 7.17. The molecule has 4 nitrogen and oxygen atoms in total. The Balaban J connectivity index is 0.000000187. The Bertz CT molecular complexity index is 431. The van der Waals surface area contributed by atoms with Gasteiger partial charge in [-0.05, 0) is 22.2 Å². The van der Waals surface area contributed by atoms with E-state index in [2.05, 4.69) is 0 Å². The summed E-state index contributed by atoms with van der Waals surface area (Å²) in [6.45, 7) is 0. The first-order chi connectivity index (χ1) is 7.17. The van der Waals surface area contributed by atoms with Crippen molar-refractivity contribution in [2.45, 2.75) is 4.21 Å². The highest BCUT2D eigenvalue weighted by Gasteiger charge is 2.10. The molecule has 82 valence electrons. The molecule has 0 bridgehead atoms. The van der Waals surface area contributed by atoms with Gasteiger partial charge in [-0.2, -0.15) is 11.3 Å². The van der Waals surface area contributed by atoms with Crippen LogP contribution in [0.2, 0.25) is 0 Å². The number of hydrogen-bond donors (Lipinski definition) is 2. The molecule has 0 atom stereocenters. The summed E-state index contributed by atoms with van der Waals surface area (Å²) in [5.41, 5.74) is 0. The van der Waals surface area contributed by atoms with Gasteiger partial charge in [0.25, 0.3) is 10.0 Å². The highest BCUT2D eigenvalue weighted by molar-refractivity contribution is 7.91. The van der Waals surface area contributed by atoms with Crippen LogP contribution in [0.5, 0.6) is 0 Å². The van der Waals surface area contributed by atoms with Gasteiger partial charge in [0.2, 0.25) is 0 Å². The SMILES string of the molecule is NNS(=O)(=O)c1cccs1.c1ccsc1. The van der Waals surface area contributed by atoms with Gasteiger partial charge in [0, 0.05) is 0 Å². The molecule has 2 aromatic heterocycles. The molecule has 2 heterocycles. The number of thiophene rings is 2. The van der Waals surface area contributed by atoms with E-state index in [1.807, 2.05) is 22.9 Å². The Morgan fingerprint density at radius 1 is 1.13 bits per heavy atom. The van der Waals surface area contributed by atoms with Crippen LogP contribution in [0.4, 0.5) is 0 Å². The molecule has 2 rings (SSSR count). The molecule has 0 aromatic carbocycles. The first-order valence-corrected chi connectivity index (χ1v) is 7.20. The van der Waals surface area contributed by atoms with Crippen molar-refractivity contribution < 1.29 is 8.42 Å². The predicted molar refractivity (Wildman–Crippen MR) is 63.1 cm³/mol. The second kappa shape index (κ2) is 5.99. The second-order valence-electron chi connectivity index (χ2n) is 2.35. The number of sulfonamides is 1. The zero-order valence-electron chi connectivity index (χ0n) is 7.66. The average Bonchev–Trinajstić information content (AvgIpc) is 2.93. The molecule has 3 N–H and O–H groups in total.